The average Bonchev–Trinajstić information content (AvgIpc) is 2.55. The number of morpholine rings is 1. The largest absolute Gasteiger partial charge is 0.379 e. The highest BCUT2D eigenvalue weighted by atomic mass is 16.5. The standard InChI is InChI=1S/C15H24N4O2/c1-16-15(20)13-5-3-6-17-14(13)18(2)7-4-8-19-9-11-21-12-10-19/h3,5-6H,4,7-12H2,1-2H3,(H,16,20). The Hall–Kier alpha value is -1.66. The molecule has 0 atom stereocenters. The van der Waals surface area contributed by atoms with Gasteiger partial charge in [0.2, 0.25) is 0 Å². The van der Waals surface area contributed by atoms with Gasteiger partial charge in [0.15, 0.2) is 0 Å². The van der Waals surface area contributed by atoms with Crippen LogP contribution in [0, 0.1) is 0 Å². The van der Waals surface area contributed by atoms with Gasteiger partial charge in [-0.15, -0.1) is 0 Å². The summed E-state index contributed by atoms with van der Waals surface area (Å²) in [5.74, 6) is 0.636. The normalized spacial score (nSPS) is 15.7. The molecule has 0 bridgehead atoms. The first kappa shape index (κ1) is 15.7. The van der Waals surface area contributed by atoms with Crippen LogP contribution in [0.2, 0.25) is 0 Å². The summed E-state index contributed by atoms with van der Waals surface area (Å²) >= 11 is 0. The van der Waals surface area contributed by atoms with Crippen molar-refractivity contribution < 1.29 is 9.53 Å². The highest BCUT2D eigenvalue weighted by molar-refractivity contribution is 5.98. The number of ether oxygens (including phenoxy) is 1. The summed E-state index contributed by atoms with van der Waals surface area (Å²) < 4.78 is 5.34. The quantitative estimate of drug-likeness (QED) is 0.832. The smallest absolute Gasteiger partial charge is 0.254 e. The number of nitrogens with zero attached hydrogens (tertiary/aromatic N) is 3. The Bertz CT molecular complexity index is 461. The number of aromatic nitrogens is 1. The van der Waals surface area contributed by atoms with Crippen LogP contribution < -0.4 is 10.2 Å². The molecule has 0 spiro atoms. The van der Waals surface area contributed by atoms with Crippen molar-refractivity contribution in [3.63, 3.8) is 0 Å². The Morgan fingerprint density at radius 3 is 2.95 bits per heavy atom. The number of carbonyl (C=O) groups is 1. The van der Waals surface area contributed by atoms with Crippen LogP contribution in [0.15, 0.2) is 18.3 Å². The third kappa shape index (κ3) is 4.41. The molecule has 0 unspecified atom stereocenters. The van der Waals surface area contributed by atoms with E-state index in [1.54, 1.807) is 25.4 Å². The molecule has 2 heterocycles. The monoisotopic (exact) mass is 292 g/mol. The maximum Gasteiger partial charge on any atom is 0.254 e. The fraction of sp³-hybridized carbons (Fsp3) is 0.600. The van der Waals surface area contributed by atoms with E-state index >= 15 is 0 Å². The molecule has 6 heteroatoms. The molecular weight excluding hydrogens is 268 g/mol. The maximum atomic E-state index is 11.9. The fourth-order valence-electron chi connectivity index (χ4n) is 2.48. The van der Waals surface area contributed by atoms with Crippen LogP contribution in [-0.4, -0.2) is 69.3 Å². The molecule has 1 fully saturated rings. The molecule has 0 radical (unpaired) electrons. The van der Waals surface area contributed by atoms with Crippen molar-refractivity contribution in [2.75, 3.05) is 58.4 Å². The highest BCUT2D eigenvalue weighted by Crippen LogP contribution is 2.15. The second-order valence-corrected chi connectivity index (χ2v) is 5.18. The lowest BCUT2D eigenvalue weighted by Crippen LogP contribution is -2.38. The number of hydrogen-bond donors (Lipinski definition) is 1. The molecule has 1 saturated heterocycles. The van der Waals surface area contributed by atoms with Crippen LogP contribution >= 0.6 is 0 Å². The van der Waals surface area contributed by atoms with Crippen molar-refractivity contribution in [1.29, 1.82) is 0 Å². The van der Waals surface area contributed by atoms with E-state index in [0.29, 0.717) is 5.56 Å². The van der Waals surface area contributed by atoms with Gasteiger partial charge in [-0.25, -0.2) is 4.98 Å². The molecule has 1 N–H and O–H groups in total. The number of rotatable bonds is 6. The van der Waals surface area contributed by atoms with E-state index in [0.717, 1.165) is 51.6 Å². The Morgan fingerprint density at radius 1 is 1.48 bits per heavy atom. The lowest BCUT2D eigenvalue weighted by Gasteiger charge is -2.27. The summed E-state index contributed by atoms with van der Waals surface area (Å²) in [7, 11) is 3.62. The van der Waals surface area contributed by atoms with Crippen LogP contribution in [-0.2, 0) is 4.74 Å². The molecule has 0 aromatic carbocycles. The van der Waals surface area contributed by atoms with E-state index in [4.69, 9.17) is 4.74 Å². The van der Waals surface area contributed by atoms with Gasteiger partial charge < -0.3 is 15.0 Å². The number of hydrogen-bond acceptors (Lipinski definition) is 5. The summed E-state index contributed by atoms with van der Waals surface area (Å²) in [5.41, 5.74) is 0.619. The van der Waals surface area contributed by atoms with Crippen molar-refractivity contribution in [3.05, 3.63) is 23.9 Å². The van der Waals surface area contributed by atoms with E-state index in [-0.39, 0.29) is 5.91 Å². The second-order valence-electron chi connectivity index (χ2n) is 5.18. The van der Waals surface area contributed by atoms with Gasteiger partial charge in [-0.1, -0.05) is 0 Å². The van der Waals surface area contributed by atoms with Crippen LogP contribution in [0.25, 0.3) is 0 Å². The van der Waals surface area contributed by atoms with Crippen LogP contribution in [0.1, 0.15) is 16.8 Å². The summed E-state index contributed by atoms with van der Waals surface area (Å²) in [6.07, 6.45) is 2.76. The lowest BCUT2D eigenvalue weighted by atomic mass is 10.2. The molecule has 116 valence electrons. The molecule has 1 aliphatic rings. The Morgan fingerprint density at radius 2 is 2.24 bits per heavy atom. The zero-order valence-corrected chi connectivity index (χ0v) is 12.8. The fourth-order valence-corrected chi connectivity index (χ4v) is 2.48. The Balaban J connectivity index is 1.87. The molecule has 2 rings (SSSR count). The first-order chi connectivity index (χ1) is 10.2. The highest BCUT2D eigenvalue weighted by Gasteiger charge is 2.15. The number of anilines is 1. The third-order valence-electron chi connectivity index (χ3n) is 3.69. The van der Waals surface area contributed by atoms with Gasteiger partial charge in [-0.05, 0) is 18.6 Å². The van der Waals surface area contributed by atoms with Crippen molar-refractivity contribution in [2.24, 2.45) is 0 Å². The van der Waals surface area contributed by atoms with Crippen LogP contribution in [0.4, 0.5) is 5.82 Å². The Labute approximate surface area is 126 Å². The summed E-state index contributed by atoms with van der Waals surface area (Å²) in [6.45, 7) is 5.61. The van der Waals surface area contributed by atoms with E-state index in [2.05, 4.69) is 15.2 Å². The predicted molar refractivity (Wildman–Crippen MR) is 82.8 cm³/mol. The molecular formula is C15H24N4O2. The SMILES string of the molecule is CNC(=O)c1cccnc1N(C)CCCN1CCOCC1. The second kappa shape index (κ2) is 7.95. The molecule has 1 aromatic heterocycles. The molecule has 6 nitrogen and oxygen atoms in total. The maximum absolute atomic E-state index is 11.9. The first-order valence-corrected chi connectivity index (χ1v) is 7.40. The third-order valence-corrected chi connectivity index (χ3v) is 3.69. The zero-order chi connectivity index (χ0) is 15.1. The number of amides is 1. The van der Waals surface area contributed by atoms with Gasteiger partial charge in [0.05, 0.1) is 18.8 Å². The molecule has 1 aromatic rings. The number of pyridine rings is 1. The van der Waals surface area contributed by atoms with Crippen molar-refractivity contribution >= 4 is 11.7 Å². The molecule has 1 amide bonds. The van der Waals surface area contributed by atoms with E-state index in [1.807, 2.05) is 11.9 Å². The van der Waals surface area contributed by atoms with Crippen molar-refractivity contribution in [1.82, 2.24) is 15.2 Å². The Kier molecular flexibility index (Phi) is 5.95. The lowest BCUT2D eigenvalue weighted by molar-refractivity contribution is 0.0377. The van der Waals surface area contributed by atoms with Gasteiger partial charge in [0, 0.05) is 46.5 Å². The van der Waals surface area contributed by atoms with Crippen molar-refractivity contribution in [3.8, 4) is 0 Å². The predicted octanol–water partition coefficient (Wildman–Crippen LogP) is 0.600. The van der Waals surface area contributed by atoms with E-state index in [1.165, 1.54) is 0 Å². The minimum absolute atomic E-state index is 0.0990. The molecule has 0 aliphatic carbocycles. The topological polar surface area (TPSA) is 57.7 Å². The first-order valence-electron chi connectivity index (χ1n) is 7.40. The number of nitrogens with one attached hydrogen (secondary N) is 1. The molecule has 21 heavy (non-hydrogen) atoms. The minimum atomic E-state index is -0.0990. The minimum Gasteiger partial charge on any atom is -0.379 e. The van der Waals surface area contributed by atoms with Crippen molar-refractivity contribution in [2.45, 2.75) is 6.42 Å². The van der Waals surface area contributed by atoms with Gasteiger partial charge in [-0.2, -0.15) is 0 Å². The van der Waals surface area contributed by atoms with Gasteiger partial charge in [0.25, 0.3) is 5.91 Å². The zero-order valence-electron chi connectivity index (χ0n) is 12.8. The average molecular weight is 292 g/mol. The summed E-state index contributed by atoms with van der Waals surface area (Å²) in [5, 5.41) is 2.66. The van der Waals surface area contributed by atoms with Gasteiger partial charge in [0.1, 0.15) is 5.82 Å². The summed E-state index contributed by atoms with van der Waals surface area (Å²) in [6, 6.07) is 3.59. The van der Waals surface area contributed by atoms with Gasteiger partial charge >= 0.3 is 0 Å². The van der Waals surface area contributed by atoms with Crippen LogP contribution in [0.3, 0.4) is 0 Å². The van der Waals surface area contributed by atoms with Crippen LogP contribution in [0.5, 0.6) is 0 Å². The molecule has 0 saturated carbocycles. The summed E-state index contributed by atoms with van der Waals surface area (Å²) in [4.78, 5) is 20.7. The molecule has 1 aliphatic heterocycles. The van der Waals surface area contributed by atoms with E-state index in [9.17, 15) is 4.79 Å². The van der Waals surface area contributed by atoms with E-state index < -0.39 is 0 Å². The van der Waals surface area contributed by atoms with Gasteiger partial charge in [-0.3, -0.25) is 9.69 Å². The number of carbonyl (C=O) groups excluding carboxylic acids is 1.